The fraction of sp³-hybridized carbons (Fsp3) is 0.462. The van der Waals surface area contributed by atoms with E-state index in [0.29, 0.717) is 12.3 Å². The zero-order valence-corrected chi connectivity index (χ0v) is 12.6. The summed E-state index contributed by atoms with van der Waals surface area (Å²) >= 11 is 5.83. The molecular weight excluding hydrogens is 306 g/mol. The average Bonchev–Trinajstić information content (AvgIpc) is 2.38. The molecular formula is C13H17Cl2FN2O2. The van der Waals surface area contributed by atoms with Gasteiger partial charge in [-0.05, 0) is 25.1 Å². The van der Waals surface area contributed by atoms with Gasteiger partial charge in [0.05, 0.1) is 5.02 Å². The smallest absolute Gasteiger partial charge is 0.260 e. The second-order valence-corrected chi connectivity index (χ2v) is 4.91. The van der Waals surface area contributed by atoms with E-state index in [9.17, 15) is 9.18 Å². The van der Waals surface area contributed by atoms with Gasteiger partial charge in [0, 0.05) is 25.7 Å². The molecule has 0 aliphatic carbocycles. The Morgan fingerprint density at radius 3 is 3.00 bits per heavy atom. The molecule has 1 amide bonds. The number of carbonyl (C=O) groups is 1. The Morgan fingerprint density at radius 1 is 1.60 bits per heavy atom. The fourth-order valence-electron chi connectivity index (χ4n) is 2.03. The molecule has 4 nitrogen and oxygen atoms in total. The quantitative estimate of drug-likeness (QED) is 0.926. The Balaban J connectivity index is 0.00000200. The molecule has 1 aromatic carbocycles. The highest BCUT2D eigenvalue weighted by molar-refractivity contribution is 6.32. The van der Waals surface area contributed by atoms with Gasteiger partial charge in [0.1, 0.15) is 11.6 Å². The van der Waals surface area contributed by atoms with Crippen LogP contribution in [-0.4, -0.2) is 43.1 Å². The first-order chi connectivity index (χ1) is 9.08. The summed E-state index contributed by atoms with van der Waals surface area (Å²) in [4.78, 5) is 13.8. The van der Waals surface area contributed by atoms with Crippen molar-refractivity contribution in [1.82, 2.24) is 10.2 Å². The molecule has 0 unspecified atom stereocenters. The largest absolute Gasteiger partial charge is 0.482 e. The first-order valence-electron chi connectivity index (χ1n) is 6.16. The SMILES string of the molecule is C[C@@H]1CNCCN1C(=O)COc1ccc(F)cc1Cl.Cl. The minimum atomic E-state index is -0.431. The van der Waals surface area contributed by atoms with Crippen LogP contribution in [-0.2, 0) is 4.79 Å². The van der Waals surface area contributed by atoms with Gasteiger partial charge in [-0.2, -0.15) is 0 Å². The maximum absolute atomic E-state index is 12.9. The maximum Gasteiger partial charge on any atom is 0.260 e. The third kappa shape index (κ3) is 4.23. The van der Waals surface area contributed by atoms with Gasteiger partial charge >= 0.3 is 0 Å². The number of hydrogen-bond donors (Lipinski definition) is 1. The van der Waals surface area contributed by atoms with E-state index in [2.05, 4.69) is 5.32 Å². The van der Waals surface area contributed by atoms with Crippen molar-refractivity contribution < 1.29 is 13.9 Å². The lowest BCUT2D eigenvalue weighted by molar-refractivity contribution is -0.136. The number of piperazine rings is 1. The molecule has 1 aliphatic rings. The summed E-state index contributed by atoms with van der Waals surface area (Å²) in [6.07, 6.45) is 0. The molecule has 20 heavy (non-hydrogen) atoms. The Labute approximate surface area is 128 Å². The average molecular weight is 323 g/mol. The highest BCUT2D eigenvalue weighted by atomic mass is 35.5. The normalized spacial score (nSPS) is 18.4. The van der Waals surface area contributed by atoms with Crippen molar-refractivity contribution >= 4 is 29.9 Å². The molecule has 1 atom stereocenters. The number of carbonyl (C=O) groups excluding carboxylic acids is 1. The Bertz CT molecular complexity index is 474. The number of rotatable bonds is 3. The van der Waals surface area contributed by atoms with Gasteiger partial charge in [-0.1, -0.05) is 11.6 Å². The molecule has 7 heteroatoms. The fourth-order valence-corrected chi connectivity index (χ4v) is 2.25. The first kappa shape index (κ1) is 17.0. The summed E-state index contributed by atoms with van der Waals surface area (Å²) < 4.78 is 18.2. The van der Waals surface area contributed by atoms with Crippen LogP contribution in [0.15, 0.2) is 18.2 Å². The Hall–Kier alpha value is -1.04. The molecule has 0 saturated carbocycles. The van der Waals surface area contributed by atoms with Crippen molar-refractivity contribution in [2.75, 3.05) is 26.2 Å². The van der Waals surface area contributed by atoms with Crippen LogP contribution in [0.5, 0.6) is 5.75 Å². The van der Waals surface area contributed by atoms with Crippen LogP contribution in [0.3, 0.4) is 0 Å². The van der Waals surface area contributed by atoms with Crippen LogP contribution in [0.25, 0.3) is 0 Å². The summed E-state index contributed by atoms with van der Waals surface area (Å²) in [6.45, 7) is 4.13. The number of nitrogens with one attached hydrogen (secondary N) is 1. The molecule has 1 heterocycles. The molecule has 1 aromatic rings. The lowest BCUT2D eigenvalue weighted by atomic mass is 10.2. The van der Waals surface area contributed by atoms with Crippen LogP contribution in [0.2, 0.25) is 5.02 Å². The van der Waals surface area contributed by atoms with Crippen molar-refractivity contribution in [2.24, 2.45) is 0 Å². The molecule has 0 radical (unpaired) electrons. The Morgan fingerprint density at radius 2 is 2.35 bits per heavy atom. The summed E-state index contributed by atoms with van der Waals surface area (Å²) in [5.41, 5.74) is 0. The molecule has 0 spiro atoms. The molecule has 1 aliphatic heterocycles. The minimum Gasteiger partial charge on any atom is -0.482 e. The zero-order valence-electron chi connectivity index (χ0n) is 11.1. The number of amides is 1. The highest BCUT2D eigenvalue weighted by Crippen LogP contribution is 2.24. The van der Waals surface area contributed by atoms with E-state index in [1.807, 2.05) is 6.92 Å². The first-order valence-corrected chi connectivity index (χ1v) is 6.54. The van der Waals surface area contributed by atoms with E-state index in [0.717, 1.165) is 19.2 Å². The van der Waals surface area contributed by atoms with E-state index in [1.54, 1.807) is 4.90 Å². The number of hydrogen-bond acceptors (Lipinski definition) is 3. The van der Waals surface area contributed by atoms with Crippen molar-refractivity contribution in [3.63, 3.8) is 0 Å². The van der Waals surface area contributed by atoms with E-state index < -0.39 is 5.82 Å². The van der Waals surface area contributed by atoms with Crippen LogP contribution in [0, 0.1) is 5.82 Å². The summed E-state index contributed by atoms with van der Waals surface area (Å²) in [5, 5.41) is 3.38. The summed E-state index contributed by atoms with van der Waals surface area (Å²) in [6, 6.07) is 3.98. The van der Waals surface area contributed by atoms with Gasteiger partial charge in [0.25, 0.3) is 5.91 Å². The van der Waals surface area contributed by atoms with E-state index >= 15 is 0 Å². The monoisotopic (exact) mass is 322 g/mol. The van der Waals surface area contributed by atoms with Gasteiger partial charge in [0.15, 0.2) is 6.61 Å². The highest BCUT2D eigenvalue weighted by Gasteiger charge is 2.23. The Kier molecular flexibility index (Phi) is 6.52. The maximum atomic E-state index is 12.9. The van der Waals surface area contributed by atoms with Crippen molar-refractivity contribution in [3.05, 3.63) is 29.0 Å². The number of benzene rings is 1. The van der Waals surface area contributed by atoms with Gasteiger partial charge in [-0.15, -0.1) is 12.4 Å². The number of ether oxygens (including phenoxy) is 1. The minimum absolute atomic E-state index is 0. The summed E-state index contributed by atoms with van der Waals surface area (Å²) in [7, 11) is 0. The van der Waals surface area contributed by atoms with Gasteiger partial charge in [-0.25, -0.2) is 4.39 Å². The second kappa shape index (κ2) is 7.67. The topological polar surface area (TPSA) is 41.6 Å². The molecule has 0 aromatic heterocycles. The lowest BCUT2D eigenvalue weighted by Crippen LogP contribution is -2.53. The number of nitrogens with zero attached hydrogens (tertiary/aromatic N) is 1. The molecule has 2 rings (SSSR count). The lowest BCUT2D eigenvalue weighted by Gasteiger charge is -2.33. The predicted molar refractivity (Wildman–Crippen MR) is 78.2 cm³/mol. The molecule has 112 valence electrons. The third-order valence-corrected chi connectivity index (χ3v) is 3.36. The van der Waals surface area contributed by atoms with Gasteiger partial charge < -0.3 is 15.0 Å². The van der Waals surface area contributed by atoms with Crippen molar-refractivity contribution in [3.8, 4) is 5.75 Å². The molecule has 1 saturated heterocycles. The van der Waals surface area contributed by atoms with E-state index in [1.165, 1.54) is 12.1 Å². The molecule has 0 bridgehead atoms. The molecule has 1 fully saturated rings. The predicted octanol–water partition coefficient (Wildman–Crippen LogP) is 2.10. The third-order valence-electron chi connectivity index (χ3n) is 3.07. The van der Waals surface area contributed by atoms with Crippen LogP contribution >= 0.6 is 24.0 Å². The second-order valence-electron chi connectivity index (χ2n) is 4.50. The van der Waals surface area contributed by atoms with Crippen molar-refractivity contribution in [2.45, 2.75) is 13.0 Å². The van der Waals surface area contributed by atoms with Gasteiger partial charge in [0.2, 0.25) is 0 Å². The number of halogens is 3. The van der Waals surface area contributed by atoms with Crippen LogP contribution < -0.4 is 10.1 Å². The van der Waals surface area contributed by atoms with Crippen molar-refractivity contribution in [1.29, 1.82) is 0 Å². The van der Waals surface area contributed by atoms with E-state index in [-0.39, 0.29) is 36.0 Å². The van der Waals surface area contributed by atoms with Crippen LogP contribution in [0.4, 0.5) is 4.39 Å². The van der Waals surface area contributed by atoms with Gasteiger partial charge in [-0.3, -0.25) is 4.79 Å². The summed E-state index contributed by atoms with van der Waals surface area (Å²) in [5.74, 6) is -0.201. The standard InChI is InChI=1S/C13H16ClFN2O2.ClH/c1-9-7-16-4-5-17(9)13(18)8-19-12-3-2-10(15)6-11(12)14;/h2-3,6,9,16H,4-5,7-8H2,1H3;1H/t9-;/m1./s1. The van der Waals surface area contributed by atoms with E-state index in [4.69, 9.17) is 16.3 Å². The molecule has 1 N–H and O–H groups in total. The zero-order chi connectivity index (χ0) is 13.8. The van der Waals surface area contributed by atoms with Crippen LogP contribution in [0.1, 0.15) is 6.92 Å².